The van der Waals surface area contributed by atoms with Gasteiger partial charge in [0.2, 0.25) is 0 Å². The van der Waals surface area contributed by atoms with Gasteiger partial charge in [0.15, 0.2) is 6.61 Å². The number of benzene rings is 1. The number of ether oxygens (including phenoxy) is 1. The van der Waals surface area contributed by atoms with Crippen LogP contribution in [0.25, 0.3) is 5.69 Å². The Labute approximate surface area is 158 Å². The average Bonchev–Trinajstić information content (AvgIpc) is 2.92. The van der Waals surface area contributed by atoms with Gasteiger partial charge < -0.3 is 9.64 Å². The quantitative estimate of drug-likeness (QED) is 0.549. The van der Waals surface area contributed by atoms with Gasteiger partial charge in [-0.3, -0.25) is 4.79 Å². The van der Waals surface area contributed by atoms with E-state index in [9.17, 15) is 9.59 Å². The molecule has 0 atom stereocenters. The molecule has 2 rings (SSSR count). The number of hydrogen-bond donors (Lipinski definition) is 0. The van der Waals surface area contributed by atoms with Crippen LogP contribution in [-0.2, 0) is 9.53 Å². The van der Waals surface area contributed by atoms with E-state index in [1.54, 1.807) is 11.8 Å². The van der Waals surface area contributed by atoms with Crippen molar-refractivity contribution in [2.75, 3.05) is 19.7 Å². The number of carbonyl (C=O) groups is 2. The summed E-state index contributed by atoms with van der Waals surface area (Å²) in [5.41, 5.74) is 2.18. The summed E-state index contributed by atoms with van der Waals surface area (Å²) in [5.74, 6) is -0.956. The Hall–Kier alpha value is -2.60. The molecule has 0 radical (unpaired) electrons. The summed E-state index contributed by atoms with van der Waals surface area (Å²) in [7, 11) is 0. The molecule has 7 heteroatoms. The second-order valence-electron chi connectivity index (χ2n) is 5.94. The molecule has 2 aromatic rings. The third-order valence-corrected chi connectivity index (χ3v) is 4.08. The van der Waals surface area contributed by atoms with Crippen LogP contribution in [0.1, 0.15) is 29.9 Å². The second-order valence-corrected chi connectivity index (χ2v) is 6.30. The molecule has 0 bridgehead atoms. The molecule has 0 saturated carbocycles. The summed E-state index contributed by atoms with van der Waals surface area (Å²) >= 11 is 6.33. The van der Waals surface area contributed by atoms with Crippen molar-refractivity contribution in [1.82, 2.24) is 14.7 Å². The predicted octanol–water partition coefficient (Wildman–Crippen LogP) is 3.42. The Kier molecular flexibility index (Phi) is 6.58. The first-order valence-electron chi connectivity index (χ1n) is 8.25. The van der Waals surface area contributed by atoms with E-state index in [1.165, 1.54) is 4.68 Å². The Bertz CT molecular complexity index is 815. The number of esters is 1. The van der Waals surface area contributed by atoms with E-state index in [0.717, 1.165) is 11.3 Å². The van der Waals surface area contributed by atoms with Gasteiger partial charge >= 0.3 is 5.97 Å². The lowest BCUT2D eigenvalue weighted by atomic mass is 10.2. The van der Waals surface area contributed by atoms with Gasteiger partial charge in [-0.2, -0.15) is 5.10 Å². The molecular weight excluding hydrogens is 354 g/mol. The van der Waals surface area contributed by atoms with E-state index >= 15 is 0 Å². The summed E-state index contributed by atoms with van der Waals surface area (Å²) in [4.78, 5) is 26.2. The fourth-order valence-corrected chi connectivity index (χ4v) is 2.81. The largest absolute Gasteiger partial charge is 0.452 e. The summed E-state index contributed by atoms with van der Waals surface area (Å²) < 4.78 is 6.63. The van der Waals surface area contributed by atoms with Gasteiger partial charge in [0, 0.05) is 13.1 Å². The summed E-state index contributed by atoms with van der Waals surface area (Å²) in [5, 5.41) is 4.45. The molecule has 0 aliphatic heterocycles. The molecule has 0 fully saturated rings. The van der Waals surface area contributed by atoms with E-state index in [4.69, 9.17) is 16.3 Å². The molecule has 0 aliphatic carbocycles. The number of amides is 1. The first-order valence-corrected chi connectivity index (χ1v) is 8.62. The summed E-state index contributed by atoms with van der Waals surface area (Å²) in [6.07, 6.45) is 0. The SMILES string of the molecule is C=C(C)CN(CC)C(=O)COC(=O)c1c(C)nn(-c2ccccc2)c1Cl. The van der Waals surface area contributed by atoms with Crippen LogP contribution in [0, 0.1) is 6.92 Å². The first kappa shape index (κ1) is 19.7. The minimum Gasteiger partial charge on any atom is -0.452 e. The molecule has 6 nitrogen and oxygen atoms in total. The normalized spacial score (nSPS) is 10.5. The minimum atomic E-state index is -0.672. The lowest BCUT2D eigenvalue weighted by Crippen LogP contribution is -2.35. The second kappa shape index (κ2) is 8.67. The average molecular weight is 376 g/mol. The monoisotopic (exact) mass is 375 g/mol. The van der Waals surface area contributed by atoms with Crippen LogP contribution in [0.15, 0.2) is 42.5 Å². The maximum Gasteiger partial charge on any atom is 0.343 e. The molecule has 1 aromatic carbocycles. The molecule has 0 saturated heterocycles. The third kappa shape index (κ3) is 4.52. The molecule has 0 N–H and O–H groups in total. The van der Waals surface area contributed by atoms with Gasteiger partial charge in [0.25, 0.3) is 5.91 Å². The lowest BCUT2D eigenvalue weighted by molar-refractivity contribution is -0.133. The van der Waals surface area contributed by atoms with Crippen molar-refractivity contribution in [3.05, 3.63) is 58.9 Å². The fraction of sp³-hybridized carbons (Fsp3) is 0.316. The Morgan fingerprint density at radius 1 is 1.31 bits per heavy atom. The molecule has 0 spiro atoms. The lowest BCUT2D eigenvalue weighted by Gasteiger charge is -2.20. The molecule has 1 aromatic heterocycles. The van der Waals surface area contributed by atoms with Crippen molar-refractivity contribution in [1.29, 1.82) is 0 Å². The van der Waals surface area contributed by atoms with Crippen molar-refractivity contribution in [3.63, 3.8) is 0 Å². The first-order chi connectivity index (χ1) is 12.3. The zero-order chi connectivity index (χ0) is 19.3. The van der Waals surface area contributed by atoms with E-state index in [1.807, 2.05) is 44.2 Å². The fourth-order valence-electron chi connectivity index (χ4n) is 2.46. The number of aromatic nitrogens is 2. The van der Waals surface area contributed by atoms with Gasteiger partial charge in [0.1, 0.15) is 10.7 Å². The van der Waals surface area contributed by atoms with E-state index in [-0.39, 0.29) is 23.2 Å². The molecule has 0 aliphatic rings. The van der Waals surface area contributed by atoms with Crippen LogP contribution >= 0.6 is 11.6 Å². The van der Waals surface area contributed by atoms with Crippen molar-refractivity contribution in [3.8, 4) is 5.69 Å². The van der Waals surface area contributed by atoms with Gasteiger partial charge in [-0.05, 0) is 32.9 Å². The topological polar surface area (TPSA) is 64.4 Å². The highest BCUT2D eigenvalue weighted by Crippen LogP contribution is 2.24. The van der Waals surface area contributed by atoms with Crippen LogP contribution in [0.4, 0.5) is 0 Å². The van der Waals surface area contributed by atoms with Crippen molar-refractivity contribution < 1.29 is 14.3 Å². The molecular formula is C19H22ClN3O3. The van der Waals surface area contributed by atoms with E-state index < -0.39 is 5.97 Å². The number of nitrogens with zero attached hydrogens (tertiary/aromatic N) is 3. The number of hydrogen-bond acceptors (Lipinski definition) is 4. The smallest absolute Gasteiger partial charge is 0.343 e. The zero-order valence-corrected chi connectivity index (χ0v) is 15.9. The summed E-state index contributed by atoms with van der Waals surface area (Å²) in [6.45, 7) is 9.74. The van der Waals surface area contributed by atoms with Gasteiger partial charge in [-0.15, -0.1) is 0 Å². The number of aryl methyl sites for hydroxylation is 1. The van der Waals surface area contributed by atoms with Gasteiger partial charge in [-0.1, -0.05) is 42.0 Å². The third-order valence-electron chi connectivity index (χ3n) is 3.73. The molecule has 138 valence electrons. The highest BCUT2D eigenvalue weighted by atomic mass is 35.5. The predicted molar refractivity (Wildman–Crippen MR) is 101 cm³/mol. The standard InChI is InChI=1S/C19H22ClN3O3/c1-5-22(11-13(2)3)16(24)12-26-19(25)17-14(4)21-23(18(17)20)15-9-7-6-8-10-15/h6-10H,2,5,11-12H2,1,3-4H3. The highest BCUT2D eigenvalue weighted by Gasteiger charge is 2.24. The van der Waals surface area contributed by atoms with Crippen LogP contribution in [-0.4, -0.2) is 46.3 Å². The van der Waals surface area contributed by atoms with Crippen LogP contribution < -0.4 is 0 Å². The Balaban J connectivity index is 2.12. The molecule has 0 unspecified atom stereocenters. The van der Waals surface area contributed by atoms with Gasteiger partial charge in [0.05, 0.1) is 11.4 Å². The Morgan fingerprint density at radius 3 is 2.54 bits per heavy atom. The van der Waals surface area contributed by atoms with E-state index in [2.05, 4.69) is 11.7 Å². The highest BCUT2D eigenvalue weighted by molar-refractivity contribution is 6.33. The minimum absolute atomic E-state index is 0.153. The zero-order valence-electron chi connectivity index (χ0n) is 15.2. The molecule has 1 amide bonds. The maximum absolute atomic E-state index is 12.4. The van der Waals surface area contributed by atoms with Crippen LogP contribution in [0.3, 0.4) is 0 Å². The summed E-state index contributed by atoms with van der Waals surface area (Å²) in [6, 6.07) is 9.22. The number of rotatable bonds is 7. The van der Waals surface area contributed by atoms with Gasteiger partial charge in [-0.25, -0.2) is 9.48 Å². The molecule has 1 heterocycles. The number of likely N-dealkylation sites (N-methyl/N-ethyl adjacent to an activating group) is 1. The van der Waals surface area contributed by atoms with Crippen LogP contribution in [0.5, 0.6) is 0 Å². The number of para-hydroxylation sites is 1. The Morgan fingerprint density at radius 2 is 1.96 bits per heavy atom. The maximum atomic E-state index is 12.4. The molecule has 26 heavy (non-hydrogen) atoms. The number of carbonyl (C=O) groups excluding carboxylic acids is 2. The van der Waals surface area contributed by atoms with Crippen molar-refractivity contribution >= 4 is 23.5 Å². The van der Waals surface area contributed by atoms with Crippen molar-refractivity contribution in [2.24, 2.45) is 0 Å². The van der Waals surface area contributed by atoms with Crippen molar-refractivity contribution in [2.45, 2.75) is 20.8 Å². The number of halogens is 1. The van der Waals surface area contributed by atoms with Crippen LogP contribution in [0.2, 0.25) is 5.15 Å². The van der Waals surface area contributed by atoms with E-state index in [0.29, 0.717) is 18.8 Å².